The van der Waals surface area contributed by atoms with Crippen molar-refractivity contribution in [2.24, 2.45) is 5.92 Å². The van der Waals surface area contributed by atoms with Gasteiger partial charge in [0.15, 0.2) is 0 Å². The van der Waals surface area contributed by atoms with Crippen molar-refractivity contribution in [2.75, 3.05) is 19.0 Å². The zero-order chi connectivity index (χ0) is 13.7. The maximum absolute atomic E-state index is 11.7. The maximum atomic E-state index is 11.7. The van der Waals surface area contributed by atoms with E-state index in [2.05, 4.69) is 35.1 Å². The second-order valence-corrected chi connectivity index (χ2v) is 5.70. The molecule has 1 aromatic rings. The molecule has 0 aliphatic carbocycles. The van der Waals surface area contributed by atoms with Crippen LogP contribution in [0, 0.1) is 5.92 Å². The molecule has 0 aliphatic heterocycles. The van der Waals surface area contributed by atoms with Crippen LogP contribution >= 0.6 is 27.5 Å². The average molecular weight is 335 g/mol. The third-order valence-corrected chi connectivity index (χ3v) is 3.33. The minimum Gasteiger partial charge on any atom is -0.465 e. The van der Waals surface area contributed by atoms with Crippen molar-refractivity contribution in [3.8, 4) is 0 Å². The lowest BCUT2D eigenvalue weighted by Gasteiger charge is -2.14. The summed E-state index contributed by atoms with van der Waals surface area (Å²) in [6, 6.07) is 3.36. The first-order chi connectivity index (χ1) is 8.45. The van der Waals surface area contributed by atoms with Gasteiger partial charge < -0.3 is 10.1 Å². The Morgan fingerprint density at radius 2 is 2.17 bits per heavy atom. The molecule has 0 bridgehead atoms. The zero-order valence-corrected chi connectivity index (χ0v) is 13.1. The number of carbonyl (C=O) groups excluding carboxylic acids is 1. The molecule has 0 aromatic heterocycles. The predicted octanol–water partition coefficient (Wildman–Crippen LogP) is 4.35. The molecule has 100 valence electrons. The van der Waals surface area contributed by atoms with Gasteiger partial charge in [0.1, 0.15) is 0 Å². The Morgan fingerprint density at radius 3 is 2.72 bits per heavy atom. The van der Waals surface area contributed by atoms with Crippen molar-refractivity contribution in [3.63, 3.8) is 0 Å². The molecule has 1 rings (SSSR count). The molecule has 5 heteroatoms. The van der Waals surface area contributed by atoms with Crippen LogP contribution in [0.1, 0.15) is 30.6 Å². The number of hydrogen-bond donors (Lipinski definition) is 1. The van der Waals surface area contributed by atoms with Crippen LogP contribution in [0.25, 0.3) is 0 Å². The molecule has 0 amide bonds. The summed E-state index contributed by atoms with van der Waals surface area (Å²) in [5.41, 5.74) is 1.17. The van der Waals surface area contributed by atoms with Gasteiger partial charge in [-0.2, -0.15) is 0 Å². The van der Waals surface area contributed by atoms with Crippen LogP contribution in [0.5, 0.6) is 0 Å². The molecule has 0 saturated carbocycles. The Kier molecular flexibility index (Phi) is 5.96. The SMILES string of the molecule is COC(=O)c1cc(Cl)cc(Br)c1NCCC(C)C. The molecule has 3 nitrogen and oxygen atoms in total. The van der Waals surface area contributed by atoms with Crippen molar-refractivity contribution in [1.82, 2.24) is 0 Å². The van der Waals surface area contributed by atoms with Crippen LogP contribution in [0.15, 0.2) is 16.6 Å². The third kappa shape index (κ3) is 4.18. The molecule has 0 spiro atoms. The topological polar surface area (TPSA) is 38.3 Å². The van der Waals surface area contributed by atoms with Crippen molar-refractivity contribution < 1.29 is 9.53 Å². The summed E-state index contributed by atoms with van der Waals surface area (Å²) in [5.74, 6) is 0.204. The predicted molar refractivity (Wildman–Crippen MR) is 78.4 cm³/mol. The Balaban J connectivity index is 2.96. The van der Waals surface area contributed by atoms with E-state index in [1.807, 2.05) is 0 Å². The molecule has 1 N–H and O–H groups in total. The fourth-order valence-electron chi connectivity index (χ4n) is 1.51. The Morgan fingerprint density at radius 1 is 1.50 bits per heavy atom. The summed E-state index contributed by atoms with van der Waals surface area (Å²) in [5, 5.41) is 3.75. The zero-order valence-electron chi connectivity index (χ0n) is 10.7. The molecule has 0 unspecified atom stereocenters. The largest absolute Gasteiger partial charge is 0.465 e. The molecule has 0 heterocycles. The molecule has 0 fully saturated rings. The second-order valence-electron chi connectivity index (χ2n) is 4.41. The number of esters is 1. The van der Waals surface area contributed by atoms with Gasteiger partial charge in [0.25, 0.3) is 0 Å². The normalized spacial score (nSPS) is 10.6. The lowest BCUT2D eigenvalue weighted by Crippen LogP contribution is -2.11. The maximum Gasteiger partial charge on any atom is 0.340 e. The van der Waals surface area contributed by atoms with Gasteiger partial charge in [-0.25, -0.2) is 4.79 Å². The monoisotopic (exact) mass is 333 g/mol. The number of ether oxygens (including phenoxy) is 1. The first kappa shape index (κ1) is 15.3. The standard InChI is InChI=1S/C13H17BrClNO2/c1-8(2)4-5-16-12-10(13(17)18-3)6-9(15)7-11(12)14/h6-8,16H,4-5H2,1-3H3. The quantitative estimate of drug-likeness (QED) is 0.814. The van der Waals surface area contributed by atoms with E-state index in [0.717, 1.165) is 23.1 Å². The van der Waals surface area contributed by atoms with E-state index in [0.29, 0.717) is 16.5 Å². The molecule has 0 radical (unpaired) electrons. The number of carbonyl (C=O) groups is 1. The van der Waals surface area contributed by atoms with Crippen molar-refractivity contribution >= 4 is 39.2 Å². The van der Waals surface area contributed by atoms with Crippen LogP contribution < -0.4 is 5.32 Å². The van der Waals surface area contributed by atoms with E-state index < -0.39 is 5.97 Å². The van der Waals surface area contributed by atoms with Crippen LogP contribution in [-0.2, 0) is 4.74 Å². The summed E-state index contributed by atoms with van der Waals surface area (Å²) in [6.45, 7) is 5.10. The highest BCUT2D eigenvalue weighted by Crippen LogP contribution is 2.31. The second kappa shape index (κ2) is 7.00. The molecule has 1 aromatic carbocycles. The van der Waals surface area contributed by atoms with Gasteiger partial charge in [0.05, 0.1) is 18.4 Å². The molecular weight excluding hydrogens is 318 g/mol. The molecule has 0 atom stereocenters. The van der Waals surface area contributed by atoms with Gasteiger partial charge in [0, 0.05) is 16.0 Å². The Bertz CT molecular complexity index is 435. The number of halogens is 2. The van der Waals surface area contributed by atoms with Gasteiger partial charge in [-0.1, -0.05) is 25.4 Å². The lowest BCUT2D eigenvalue weighted by atomic mass is 10.1. The summed E-state index contributed by atoms with van der Waals surface area (Å²) >= 11 is 9.35. The van der Waals surface area contributed by atoms with Gasteiger partial charge in [-0.15, -0.1) is 0 Å². The molecular formula is C13H17BrClNO2. The highest BCUT2D eigenvalue weighted by molar-refractivity contribution is 9.10. The van der Waals surface area contributed by atoms with Crippen LogP contribution in [0.4, 0.5) is 5.69 Å². The molecule has 0 aliphatic rings. The average Bonchev–Trinajstić information content (AvgIpc) is 2.30. The van der Waals surface area contributed by atoms with E-state index in [1.54, 1.807) is 12.1 Å². The van der Waals surface area contributed by atoms with E-state index in [-0.39, 0.29) is 0 Å². The van der Waals surface area contributed by atoms with Gasteiger partial charge in [0.2, 0.25) is 0 Å². The highest BCUT2D eigenvalue weighted by Gasteiger charge is 2.15. The van der Waals surface area contributed by atoms with E-state index in [9.17, 15) is 4.79 Å². The fraction of sp³-hybridized carbons (Fsp3) is 0.462. The Labute approximate surface area is 121 Å². The number of methoxy groups -OCH3 is 1. The van der Waals surface area contributed by atoms with Crippen LogP contribution in [0.2, 0.25) is 5.02 Å². The third-order valence-electron chi connectivity index (χ3n) is 2.48. The van der Waals surface area contributed by atoms with Crippen molar-refractivity contribution in [1.29, 1.82) is 0 Å². The minimum absolute atomic E-state index is 0.398. The van der Waals surface area contributed by atoms with E-state index in [1.165, 1.54) is 7.11 Å². The number of anilines is 1. The smallest absolute Gasteiger partial charge is 0.340 e. The number of benzene rings is 1. The molecule has 0 saturated heterocycles. The minimum atomic E-state index is -0.398. The first-order valence-corrected chi connectivity index (χ1v) is 6.94. The number of nitrogens with one attached hydrogen (secondary N) is 1. The lowest BCUT2D eigenvalue weighted by molar-refractivity contribution is 0.0602. The van der Waals surface area contributed by atoms with Crippen LogP contribution in [0.3, 0.4) is 0 Å². The Hall–Kier alpha value is -0.740. The van der Waals surface area contributed by atoms with E-state index >= 15 is 0 Å². The van der Waals surface area contributed by atoms with Crippen molar-refractivity contribution in [3.05, 3.63) is 27.2 Å². The number of hydrogen-bond acceptors (Lipinski definition) is 3. The highest BCUT2D eigenvalue weighted by atomic mass is 79.9. The fourth-order valence-corrected chi connectivity index (χ4v) is 2.46. The summed E-state index contributed by atoms with van der Waals surface area (Å²) < 4.78 is 5.52. The molecule has 18 heavy (non-hydrogen) atoms. The van der Waals surface area contributed by atoms with Crippen molar-refractivity contribution in [2.45, 2.75) is 20.3 Å². The van der Waals surface area contributed by atoms with Gasteiger partial charge in [-0.05, 0) is 40.4 Å². The number of rotatable bonds is 5. The van der Waals surface area contributed by atoms with Crippen LogP contribution in [-0.4, -0.2) is 19.6 Å². The van der Waals surface area contributed by atoms with Gasteiger partial charge >= 0.3 is 5.97 Å². The summed E-state index contributed by atoms with van der Waals surface area (Å²) in [4.78, 5) is 11.7. The van der Waals surface area contributed by atoms with E-state index in [4.69, 9.17) is 16.3 Å². The van der Waals surface area contributed by atoms with Gasteiger partial charge in [-0.3, -0.25) is 0 Å². The summed E-state index contributed by atoms with van der Waals surface area (Å²) in [7, 11) is 1.36. The summed E-state index contributed by atoms with van der Waals surface area (Å²) in [6.07, 6.45) is 1.02. The first-order valence-electron chi connectivity index (χ1n) is 5.77.